The Bertz CT molecular complexity index is 1060. The zero-order chi connectivity index (χ0) is 20.8. The molecule has 2 amide bonds. The molecule has 0 saturated heterocycles. The summed E-state index contributed by atoms with van der Waals surface area (Å²) < 4.78 is 5.22. The van der Waals surface area contributed by atoms with Crippen LogP contribution in [0, 0.1) is 0 Å². The van der Waals surface area contributed by atoms with Crippen LogP contribution < -0.4 is 15.4 Å². The van der Waals surface area contributed by atoms with Gasteiger partial charge >= 0.3 is 0 Å². The molecule has 0 aromatic heterocycles. The van der Waals surface area contributed by atoms with E-state index in [1.807, 2.05) is 6.07 Å². The Morgan fingerprint density at radius 1 is 0.793 bits per heavy atom. The van der Waals surface area contributed by atoms with Crippen molar-refractivity contribution in [2.24, 2.45) is 0 Å². The van der Waals surface area contributed by atoms with Gasteiger partial charge in [-0.2, -0.15) is 0 Å². The van der Waals surface area contributed by atoms with Crippen LogP contribution in [0.4, 0.5) is 11.4 Å². The summed E-state index contributed by atoms with van der Waals surface area (Å²) in [4.78, 5) is 37.1. The maximum atomic E-state index is 12.9. The average molecular weight is 388 g/mol. The third-order valence-corrected chi connectivity index (χ3v) is 4.22. The Hall–Kier alpha value is -3.93. The molecule has 146 valence electrons. The summed E-state index contributed by atoms with van der Waals surface area (Å²) in [7, 11) is 1.49. The Labute approximate surface area is 168 Å². The van der Waals surface area contributed by atoms with Gasteiger partial charge in [0.2, 0.25) is 5.91 Å². The predicted molar refractivity (Wildman–Crippen MR) is 112 cm³/mol. The van der Waals surface area contributed by atoms with Gasteiger partial charge in [0.25, 0.3) is 5.91 Å². The zero-order valence-electron chi connectivity index (χ0n) is 16.1. The Morgan fingerprint density at radius 3 is 2.10 bits per heavy atom. The number of ether oxygens (including phenoxy) is 1. The Balaban J connectivity index is 1.89. The highest BCUT2D eigenvalue weighted by atomic mass is 16.5. The van der Waals surface area contributed by atoms with Gasteiger partial charge in [-0.3, -0.25) is 14.4 Å². The van der Waals surface area contributed by atoms with Gasteiger partial charge in [-0.05, 0) is 24.3 Å². The number of hydrogen-bond donors (Lipinski definition) is 2. The van der Waals surface area contributed by atoms with Crippen molar-refractivity contribution < 1.29 is 19.1 Å². The van der Waals surface area contributed by atoms with Crippen LogP contribution in [0.2, 0.25) is 0 Å². The maximum absolute atomic E-state index is 12.9. The standard InChI is InChI=1S/C23H20N2O4/c1-15(26)24-20-14-17(12-13-21(20)29-2)25-23(28)19-11-7-6-10-18(19)22(27)16-8-4-3-5-9-16/h3-14H,1-2H3,(H,24,26)(H,25,28). The predicted octanol–water partition coefficient (Wildman–Crippen LogP) is 4.14. The van der Waals surface area contributed by atoms with Crippen LogP contribution in [0.25, 0.3) is 0 Å². The van der Waals surface area contributed by atoms with Crippen molar-refractivity contribution in [1.29, 1.82) is 0 Å². The van der Waals surface area contributed by atoms with Crippen molar-refractivity contribution in [3.63, 3.8) is 0 Å². The third kappa shape index (κ3) is 4.68. The Morgan fingerprint density at radius 2 is 1.45 bits per heavy atom. The number of nitrogens with one attached hydrogen (secondary N) is 2. The first kappa shape index (κ1) is 19.8. The number of ketones is 1. The van der Waals surface area contributed by atoms with E-state index >= 15 is 0 Å². The van der Waals surface area contributed by atoms with E-state index in [-0.39, 0.29) is 17.3 Å². The van der Waals surface area contributed by atoms with Gasteiger partial charge in [0.1, 0.15) is 5.75 Å². The molecule has 6 heteroatoms. The molecular formula is C23H20N2O4. The molecule has 0 unspecified atom stereocenters. The molecule has 0 spiro atoms. The molecule has 0 radical (unpaired) electrons. The molecule has 2 N–H and O–H groups in total. The number of amides is 2. The van der Waals surface area contributed by atoms with Gasteiger partial charge < -0.3 is 15.4 Å². The molecule has 0 bridgehead atoms. The van der Waals surface area contributed by atoms with E-state index in [2.05, 4.69) is 10.6 Å². The first-order valence-electron chi connectivity index (χ1n) is 8.95. The number of hydrogen-bond acceptors (Lipinski definition) is 4. The summed E-state index contributed by atoms with van der Waals surface area (Å²) in [6.07, 6.45) is 0. The molecule has 0 heterocycles. The lowest BCUT2D eigenvalue weighted by Crippen LogP contribution is -2.17. The van der Waals surface area contributed by atoms with E-state index < -0.39 is 5.91 Å². The molecule has 29 heavy (non-hydrogen) atoms. The first-order valence-corrected chi connectivity index (χ1v) is 8.95. The lowest BCUT2D eigenvalue weighted by atomic mass is 9.98. The fraction of sp³-hybridized carbons (Fsp3) is 0.0870. The normalized spacial score (nSPS) is 10.1. The molecule has 0 aliphatic heterocycles. The summed E-state index contributed by atoms with van der Waals surface area (Å²) in [6.45, 7) is 1.39. The van der Waals surface area contributed by atoms with Gasteiger partial charge in [0.15, 0.2) is 5.78 Å². The monoisotopic (exact) mass is 388 g/mol. The minimum atomic E-state index is -0.427. The molecule has 3 rings (SSSR count). The minimum Gasteiger partial charge on any atom is -0.495 e. The van der Waals surface area contributed by atoms with E-state index in [9.17, 15) is 14.4 Å². The van der Waals surface area contributed by atoms with E-state index in [4.69, 9.17) is 4.74 Å². The van der Waals surface area contributed by atoms with E-state index in [0.717, 1.165) is 0 Å². The van der Waals surface area contributed by atoms with Gasteiger partial charge in [-0.1, -0.05) is 48.5 Å². The second kappa shape index (κ2) is 8.84. The van der Waals surface area contributed by atoms with Crippen molar-refractivity contribution in [3.8, 4) is 5.75 Å². The largest absolute Gasteiger partial charge is 0.495 e. The van der Waals surface area contributed by atoms with Crippen LogP contribution in [0.5, 0.6) is 5.75 Å². The average Bonchev–Trinajstić information content (AvgIpc) is 2.73. The van der Waals surface area contributed by atoms with Crippen molar-refractivity contribution in [3.05, 3.63) is 89.5 Å². The van der Waals surface area contributed by atoms with Crippen molar-refractivity contribution >= 4 is 29.0 Å². The SMILES string of the molecule is COc1ccc(NC(=O)c2ccccc2C(=O)c2ccccc2)cc1NC(C)=O. The van der Waals surface area contributed by atoms with Crippen LogP contribution >= 0.6 is 0 Å². The van der Waals surface area contributed by atoms with Crippen molar-refractivity contribution in [2.45, 2.75) is 6.92 Å². The van der Waals surface area contributed by atoms with Gasteiger partial charge in [-0.25, -0.2) is 0 Å². The number of carbonyl (C=O) groups is 3. The van der Waals surface area contributed by atoms with E-state index in [1.54, 1.807) is 66.7 Å². The fourth-order valence-corrected chi connectivity index (χ4v) is 2.90. The minimum absolute atomic E-state index is 0.231. The maximum Gasteiger partial charge on any atom is 0.256 e. The molecule has 3 aromatic carbocycles. The van der Waals surface area contributed by atoms with Crippen LogP contribution in [-0.4, -0.2) is 24.7 Å². The molecule has 0 aliphatic rings. The van der Waals surface area contributed by atoms with Crippen LogP contribution in [0.3, 0.4) is 0 Å². The highest BCUT2D eigenvalue weighted by molar-refractivity contribution is 6.17. The van der Waals surface area contributed by atoms with Crippen LogP contribution in [0.15, 0.2) is 72.8 Å². The quantitative estimate of drug-likeness (QED) is 0.622. The molecular weight excluding hydrogens is 368 g/mol. The topological polar surface area (TPSA) is 84.5 Å². The lowest BCUT2D eigenvalue weighted by Gasteiger charge is -2.13. The molecule has 0 saturated carbocycles. The van der Waals surface area contributed by atoms with E-state index in [0.29, 0.717) is 28.3 Å². The van der Waals surface area contributed by atoms with Gasteiger partial charge in [0.05, 0.1) is 18.4 Å². The summed E-state index contributed by atoms with van der Waals surface area (Å²) in [6, 6.07) is 20.3. The highest BCUT2D eigenvalue weighted by Crippen LogP contribution is 2.28. The second-order valence-corrected chi connectivity index (χ2v) is 6.29. The summed E-state index contributed by atoms with van der Waals surface area (Å²) in [5.74, 6) is -0.447. The zero-order valence-corrected chi connectivity index (χ0v) is 16.1. The third-order valence-electron chi connectivity index (χ3n) is 4.22. The number of anilines is 2. The van der Waals surface area contributed by atoms with Crippen molar-refractivity contribution in [1.82, 2.24) is 0 Å². The summed E-state index contributed by atoms with van der Waals surface area (Å²) in [5.41, 5.74) is 1.98. The first-order chi connectivity index (χ1) is 14.0. The summed E-state index contributed by atoms with van der Waals surface area (Å²) >= 11 is 0. The number of carbonyl (C=O) groups excluding carboxylic acids is 3. The van der Waals surface area contributed by atoms with Crippen LogP contribution in [-0.2, 0) is 4.79 Å². The Kier molecular flexibility index (Phi) is 6.04. The van der Waals surface area contributed by atoms with Gasteiger partial charge in [0, 0.05) is 23.7 Å². The smallest absolute Gasteiger partial charge is 0.256 e. The molecule has 0 fully saturated rings. The molecule has 6 nitrogen and oxygen atoms in total. The lowest BCUT2D eigenvalue weighted by molar-refractivity contribution is -0.114. The highest BCUT2D eigenvalue weighted by Gasteiger charge is 2.18. The fourth-order valence-electron chi connectivity index (χ4n) is 2.90. The molecule has 3 aromatic rings. The van der Waals surface area contributed by atoms with Gasteiger partial charge in [-0.15, -0.1) is 0 Å². The number of methoxy groups -OCH3 is 1. The molecule has 0 atom stereocenters. The van der Waals surface area contributed by atoms with E-state index in [1.165, 1.54) is 14.0 Å². The van der Waals surface area contributed by atoms with Crippen LogP contribution in [0.1, 0.15) is 33.2 Å². The number of rotatable bonds is 6. The molecule has 0 aliphatic carbocycles. The summed E-state index contributed by atoms with van der Waals surface area (Å²) in [5, 5.41) is 5.43. The number of benzene rings is 3. The van der Waals surface area contributed by atoms with Crippen molar-refractivity contribution in [2.75, 3.05) is 17.7 Å². The second-order valence-electron chi connectivity index (χ2n) is 6.29.